The molecule has 7 heteroatoms. The quantitative estimate of drug-likeness (QED) is 0.784. The van der Waals surface area contributed by atoms with Gasteiger partial charge in [-0.05, 0) is 32.8 Å². The largest absolute Gasteiger partial charge is 0.465 e. The lowest BCUT2D eigenvalue weighted by Crippen LogP contribution is -2.15. The Bertz CT molecular complexity index is 777. The number of ether oxygens (including phenoxy) is 2. The monoisotopic (exact) mass is 317 g/mol. The topological polar surface area (TPSA) is 83.3 Å². The number of rotatable bonds is 5. The first kappa shape index (κ1) is 15.5. The smallest absolute Gasteiger partial charge is 0.338 e. The van der Waals surface area contributed by atoms with Gasteiger partial charge in [-0.15, -0.1) is 0 Å². The van der Waals surface area contributed by atoms with Crippen molar-refractivity contribution in [2.24, 2.45) is 0 Å². The summed E-state index contributed by atoms with van der Waals surface area (Å²) in [5, 5.41) is 4.99. The summed E-state index contributed by atoms with van der Waals surface area (Å²) in [6.45, 7) is 3.82. The van der Waals surface area contributed by atoms with Crippen molar-refractivity contribution in [3.05, 3.63) is 23.0 Å². The fourth-order valence-corrected chi connectivity index (χ4v) is 2.67. The third-order valence-electron chi connectivity index (χ3n) is 3.88. The summed E-state index contributed by atoms with van der Waals surface area (Å²) in [6, 6.07) is 1.79. The Morgan fingerprint density at radius 1 is 1.39 bits per heavy atom. The number of pyridine rings is 1. The minimum Gasteiger partial charge on any atom is -0.465 e. The molecular weight excluding hydrogens is 298 g/mol. The van der Waals surface area contributed by atoms with Gasteiger partial charge in [-0.2, -0.15) is 5.10 Å². The van der Waals surface area contributed by atoms with Crippen LogP contribution in [0.1, 0.15) is 47.4 Å². The van der Waals surface area contributed by atoms with E-state index >= 15 is 0 Å². The van der Waals surface area contributed by atoms with E-state index in [0.717, 1.165) is 18.5 Å². The number of carbonyl (C=O) groups is 2. The average molecular weight is 317 g/mol. The van der Waals surface area contributed by atoms with Gasteiger partial charge in [0, 0.05) is 11.6 Å². The lowest BCUT2D eigenvalue weighted by molar-refractivity contribution is -0.143. The van der Waals surface area contributed by atoms with Crippen LogP contribution < -0.4 is 0 Å². The van der Waals surface area contributed by atoms with Crippen molar-refractivity contribution in [1.82, 2.24) is 14.8 Å². The summed E-state index contributed by atoms with van der Waals surface area (Å²) in [4.78, 5) is 28.5. The predicted molar refractivity (Wildman–Crippen MR) is 82.2 cm³/mol. The molecule has 2 aromatic heterocycles. The van der Waals surface area contributed by atoms with E-state index in [0.29, 0.717) is 34.8 Å². The predicted octanol–water partition coefficient (Wildman–Crippen LogP) is 1.97. The molecule has 0 atom stereocenters. The molecule has 0 radical (unpaired) electrons. The van der Waals surface area contributed by atoms with Gasteiger partial charge in [0.1, 0.15) is 6.54 Å². The number of esters is 2. The van der Waals surface area contributed by atoms with Crippen molar-refractivity contribution < 1.29 is 19.1 Å². The zero-order chi connectivity index (χ0) is 16.6. The maximum Gasteiger partial charge on any atom is 0.338 e. The van der Waals surface area contributed by atoms with Crippen LogP contribution in [0.4, 0.5) is 0 Å². The molecule has 1 fully saturated rings. The van der Waals surface area contributed by atoms with Crippen LogP contribution in [0.15, 0.2) is 6.07 Å². The first-order chi connectivity index (χ1) is 11.0. The number of nitrogens with zero attached hydrogens (tertiary/aromatic N) is 3. The maximum absolute atomic E-state index is 12.1. The van der Waals surface area contributed by atoms with E-state index in [1.165, 1.54) is 11.8 Å². The Balaban J connectivity index is 2.13. The molecule has 7 nitrogen and oxygen atoms in total. The highest BCUT2D eigenvalue weighted by atomic mass is 16.5. The molecule has 1 aliphatic carbocycles. The van der Waals surface area contributed by atoms with Gasteiger partial charge in [0.25, 0.3) is 0 Å². The van der Waals surface area contributed by atoms with Crippen LogP contribution in [0.2, 0.25) is 0 Å². The molecule has 0 saturated heterocycles. The Morgan fingerprint density at radius 2 is 2.13 bits per heavy atom. The van der Waals surface area contributed by atoms with Gasteiger partial charge in [0.2, 0.25) is 0 Å². The summed E-state index contributed by atoms with van der Waals surface area (Å²) in [6.07, 6.45) is 2.12. The second kappa shape index (κ2) is 5.98. The van der Waals surface area contributed by atoms with E-state index in [1.807, 2.05) is 0 Å². The van der Waals surface area contributed by atoms with Crippen molar-refractivity contribution in [1.29, 1.82) is 0 Å². The maximum atomic E-state index is 12.1. The molecule has 0 bridgehead atoms. The van der Waals surface area contributed by atoms with Crippen LogP contribution in [0.25, 0.3) is 11.0 Å². The highest BCUT2D eigenvalue weighted by Gasteiger charge is 2.29. The van der Waals surface area contributed by atoms with E-state index in [2.05, 4.69) is 10.1 Å². The highest BCUT2D eigenvalue weighted by molar-refractivity contribution is 6.04. The van der Waals surface area contributed by atoms with Crippen molar-refractivity contribution in [2.75, 3.05) is 13.7 Å². The third kappa shape index (κ3) is 2.91. The molecule has 0 N–H and O–H groups in total. The van der Waals surface area contributed by atoms with E-state index in [9.17, 15) is 9.59 Å². The number of aromatic nitrogens is 3. The normalized spacial score (nSPS) is 14.0. The number of aryl methyl sites for hydroxylation is 1. The molecule has 23 heavy (non-hydrogen) atoms. The van der Waals surface area contributed by atoms with Crippen LogP contribution in [0.5, 0.6) is 0 Å². The molecule has 2 aromatic rings. The number of methoxy groups -OCH3 is 1. The summed E-state index contributed by atoms with van der Waals surface area (Å²) in [5.41, 5.74) is 2.47. The Morgan fingerprint density at radius 3 is 2.74 bits per heavy atom. The number of hydrogen-bond acceptors (Lipinski definition) is 6. The van der Waals surface area contributed by atoms with Gasteiger partial charge >= 0.3 is 11.9 Å². The van der Waals surface area contributed by atoms with Crippen molar-refractivity contribution in [2.45, 2.75) is 39.2 Å². The standard InChI is InChI=1S/C16H19N3O4/c1-4-23-13(20)8-19-15-14(9(2)18-19)11(16(21)22-3)7-12(17-15)10-5-6-10/h7,10H,4-6,8H2,1-3H3. The van der Waals surface area contributed by atoms with Crippen molar-refractivity contribution >= 4 is 23.0 Å². The molecule has 122 valence electrons. The number of carbonyl (C=O) groups excluding carboxylic acids is 2. The first-order valence-electron chi connectivity index (χ1n) is 7.67. The molecule has 0 amide bonds. The molecule has 0 aromatic carbocycles. The summed E-state index contributed by atoms with van der Waals surface area (Å²) in [7, 11) is 1.35. The van der Waals surface area contributed by atoms with Crippen molar-refractivity contribution in [3.63, 3.8) is 0 Å². The second-order valence-electron chi connectivity index (χ2n) is 5.61. The van der Waals surface area contributed by atoms with Crippen LogP contribution in [0.3, 0.4) is 0 Å². The SMILES string of the molecule is CCOC(=O)Cn1nc(C)c2c(C(=O)OC)cc(C3CC3)nc21. The van der Waals surface area contributed by atoms with Gasteiger partial charge in [-0.3, -0.25) is 4.79 Å². The molecule has 1 saturated carbocycles. The van der Waals surface area contributed by atoms with E-state index < -0.39 is 5.97 Å². The Labute approximate surface area is 133 Å². The van der Waals surface area contributed by atoms with Gasteiger partial charge in [0.05, 0.1) is 30.4 Å². The molecule has 3 rings (SSSR count). The lowest BCUT2D eigenvalue weighted by atomic mass is 10.1. The van der Waals surface area contributed by atoms with Crippen LogP contribution in [0, 0.1) is 6.92 Å². The fourth-order valence-electron chi connectivity index (χ4n) is 2.67. The van der Waals surface area contributed by atoms with E-state index in [1.54, 1.807) is 19.9 Å². The minimum absolute atomic E-state index is 0.0279. The molecule has 0 spiro atoms. The Kier molecular flexibility index (Phi) is 4.02. The average Bonchev–Trinajstić information content (AvgIpc) is 3.33. The second-order valence-corrected chi connectivity index (χ2v) is 5.61. The molecule has 0 aliphatic heterocycles. The molecule has 0 unspecified atom stereocenters. The minimum atomic E-state index is -0.418. The third-order valence-corrected chi connectivity index (χ3v) is 3.88. The zero-order valence-corrected chi connectivity index (χ0v) is 13.5. The lowest BCUT2D eigenvalue weighted by Gasteiger charge is -2.07. The summed E-state index contributed by atoms with van der Waals surface area (Å²) >= 11 is 0. The zero-order valence-electron chi connectivity index (χ0n) is 13.5. The van der Waals surface area contributed by atoms with Crippen LogP contribution in [-0.4, -0.2) is 40.4 Å². The molecular formula is C16H19N3O4. The Hall–Kier alpha value is -2.44. The van der Waals surface area contributed by atoms with E-state index in [4.69, 9.17) is 9.47 Å². The number of fused-ring (bicyclic) bond motifs is 1. The van der Waals surface area contributed by atoms with Crippen molar-refractivity contribution in [3.8, 4) is 0 Å². The summed E-state index contributed by atoms with van der Waals surface area (Å²) in [5.74, 6) is -0.428. The van der Waals surface area contributed by atoms with Crippen LogP contribution in [-0.2, 0) is 20.8 Å². The van der Waals surface area contributed by atoms with Gasteiger partial charge in [-0.1, -0.05) is 0 Å². The molecule has 1 aliphatic rings. The molecule has 2 heterocycles. The summed E-state index contributed by atoms with van der Waals surface area (Å²) < 4.78 is 11.4. The van der Waals surface area contributed by atoms with Crippen LogP contribution >= 0.6 is 0 Å². The van der Waals surface area contributed by atoms with Gasteiger partial charge in [-0.25, -0.2) is 14.5 Å². The van der Waals surface area contributed by atoms with Gasteiger partial charge in [0.15, 0.2) is 5.65 Å². The highest BCUT2D eigenvalue weighted by Crippen LogP contribution is 2.40. The van der Waals surface area contributed by atoms with E-state index in [-0.39, 0.29) is 12.5 Å². The first-order valence-corrected chi connectivity index (χ1v) is 7.67. The van der Waals surface area contributed by atoms with Gasteiger partial charge < -0.3 is 9.47 Å². The number of hydrogen-bond donors (Lipinski definition) is 0. The fraction of sp³-hybridized carbons (Fsp3) is 0.500.